The van der Waals surface area contributed by atoms with Gasteiger partial charge in [-0.25, -0.2) is 13.2 Å². The average Bonchev–Trinajstić information content (AvgIpc) is 3.18. The Labute approximate surface area is 179 Å². The van der Waals surface area contributed by atoms with Crippen molar-refractivity contribution in [3.8, 4) is 10.4 Å². The van der Waals surface area contributed by atoms with Gasteiger partial charge in [0, 0.05) is 4.88 Å². The van der Waals surface area contributed by atoms with E-state index in [1.165, 1.54) is 30.4 Å². The number of nitrogens with one attached hydrogen (secondary N) is 1. The molecule has 0 bridgehead atoms. The van der Waals surface area contributed by atoms with E-state index in [-0.39, 0.29) is 33.4 Å². The maximum atomic E-state index is 13.0. The smallest absolute Gasteiger partial charge is 0.350 e. The van der Waals surface area contributed by atoms with Gasteiger partial charge >= 0.3 is 5.97 Å². The van der Waals surface area contributed by atoms with Crippen LogP contribution in [0.3, 0.4) is 0 Å². The summed E-state index contributed by atoms with van der Waals surface area (Å²) in [5.74, 6) is -1.28. The van der Waals surface area contributed by atoms with E-state index in [2.05, 4.69) is 5.32 Å². The van der Waals surface area contributed by atoms with Gasteiger partial charge in [0.2, 0.25) is 0 Å². The number of hydrogen-bond acceptors (Lipinski definition) is 6. The zero-order valence-electron chi connectivity index (χ0n) is 16.5. The van der Waals surface area contributed by atoms with E-state index in [0.717, 1.165) is 10.4 Å². The second-order valence-corrected chi connectivity index (χ2v) is 9.59. The van der Waals surface area contributed by atoms with Crippen LogP contribution < -0.4 is 5.32 Å². The number of hydrogen-bond donors (Lipinski definition) is 1. The molecular weight excluding hydrogens is 422 g/mol. The van der Waals surface area contributed by atoms with Gasteiger partial charge in [0.05, 0.1) is 28.5 Å². The summed E-state index contributed by atoms with van der Waals surface area (Å²) in [6.45, 7) is 3.42. The molecule has 0 unspecified atom stereocenters. The summed E-state index contributed by atoms with van der Waals surface area (Å²) in [5.41, 5.74) is 1.20. The largest absolute Gasteiger partial charge is 0.462 e. The fourth-order valence-electron chi connectivity index (χ4n) is 2.85. The van der Waals surface area contributed by atoms with Crippen molar-refractivity contribution in [2.24, 2.45) is 0 Å². The monoisotopic (exact) mass is 443 g/mol. The number of benzene rings is 2. The van der Waals surface area contributed by atoms with Gasteiger partial charge in [-0.15, -0.1) is 11.3 Å². The molecular formula is C22H21NO5S2. The summed E-state index contributed by atoms with van der Waals surface area (Å²) in [4.78, 5) is 26.4. The molecule has 1 N–H and O–H groups in total. The molecule has 8 heteroatoms. The summed E-state index contributed by atoms with van der Waals surface area (Å²) in [6, 6.07) is 17.2. The second-order valence-electron chi connectivity index (χ2n) is 6.29. The Bertz CT molecular complexity index is 1170. The zero-order valence-corrected chi connectivity index (χ0v) is 18.2. The summed E-state index contributed by atoms with van der Waals surface area (Å²) >= 11 is 1.20. The molecule has 0 fully saturated rings. The normalized spacial score (nSPS) is 11.1. The molecule has 0 radical (unpaired) electrons. The van der Waals surface area contributed by atoms with Gasteiger partial charge in [-0.1, -0.05) is 49.4 Å². The molecule has 0 saturated carbocycles. The van der Waals surface area contributed by atoms with Crippen LogP contribution in [-0.2, 0) is 14.6 Å². The highest BCUT2D eigenvalue weighted by Gasteiger charge is 2.24. The van der Waals surface area contributed by atoms with Crippen molar-refractivity contribution >= 4 is 38.7 Å². The Morgan fingerprint density at radius 1 is 1.00 bits per heavy atom. The van der Waals surface area contributed by atoms with Crippen LogP contribution in [0.2, 0.25) is 0 Å². The number of ether oxygens (including phenoxy) is 1. The molecule has 1 amide bonds. The minimum absolute atomic E-state index is 0.0293. The third-order valence-electron chi connectivity index (χ3n) is 4.35. The Balaban J connectivity index is 2.01. The first-order valence-electron chi connectivity index (χ1n) is 9.37. The van der Waals surface area contributed by atoms with E-state index in [1.54, 1.807) is 25.1 Å². The fourth-order valence-corrected chi connectivity index (χ4v) is 4.95. The molecule has 1 aromatic heterocycles. The van der Waals surface area contributed by atoms with Gasteiger partial charge in [-0.2, -0.15) is 0 Å². The summed E-state index contributed by atoms with van der Waals surface area (Å²) < 4.78 is 29.9. The van der Waals surface area contributed by atoms with Gasteiger partial charge in [-0.05, 0) is 30.7 Å². The highest BCUT2D eigenvalue weighted by atomic mass is 32.2. The first-order chi connectivity index (χ1) is 14.4. The first-order valence-corrected chi connectivity index (χ1v) is 11.8. The fraction of sp³-hybridized carbons (Fsp3) is 0.182. The lowest BCUT2D eigenvalue weighted by molar-refractivity contribution is 0.0533. The van der Waals surface area contributed by atoms with Crippen LogP contribution in [0.25, 0.3) is 10.4 Å². The summed E-state index contributed by atoms with van der Waals surface area (Å²) in [7, 11) is -3.59. The standard InChI is InChI=1S/C22H21NO5S2/c1-3-28-22(25)20-17(14-18(29-20)15-10-6-5-7-11-15)23-21(24)16-12-8-9-13-19(16)30(26,27)4-2/h5-14H,3-4H2,1-2H3,(H,23,24). The molecule has 0 atom stereocenters. The summed E-state index contributed by atoms with van der Waals surface area (Å²) in [5, 5.41) is 2.70. The SMILES string of the molecule is CCOC(=O)c1sc(-c2ccccc2)cc1NC(=O)c1ccccc1S(=O)(=O)CC. The molecule has 0 aliphatic rings. The molecule has 3 aromatic rings. The summed E-state index contributed by atoms with van der Waals surface area (Å²) in [6.07, 6.45) is 0. The minimum atomic E-state index is -3.59. The quantitative estimate of drug-likeness (QED) is 0.538. The molecule has 6 nitrogen and oxygen atoms in total. The van der Waals surface area contributed by atoms with Crippen molar-refractivity contribution in [3.63, 3.8) is 0 Å². The maximum absolute atomic E-state index is 13.0. The lowest BCUT2D eigenvalue weighted by Crippen LogP contribution is -2.18. The molecule has 156 valence electrons. The van der Waals surface area contributed by atoms with E-state index in [9.17, 15) is 18.0 Å². The van der Waals surface area contributed by atoms with Gasteiger partial charge in [0.1, 0.15) is 4.88 Å². The highest BCUT2D eigenvalue weighted by Crippen LogP contribution is 2.35. The van der Waals surface area contributed by atoms with E-state index in [4.69, 9.17) is 4.74 Å². The van der Waals surface area contributed by atoms with Gasteiger partial charge in [0.15, 0.2) is 9.84 Å². The van der Waals surface area contributed by atoms with Gasteiger partial charge in [0.25, 0.3) is 5.91 Å². The van der Waals surface area contributed by atoms with E-state index in [0.29, 0.717) is 0 Å². The zero-order chi connectivity index (χ0) is 21.7. The molecule has 3 rings (SSSR count). The number of carbonyl (C=O) groups is 2. The predicted molar refractivity (Wildman–Crippen MR) is 118 cm³/mol. The van der Waals surface area contributed by atoms with Gasteiger partial charge < -0.3 is 10.1 Å². The van der Waals surface area contributed by atoms with Crippen molar-refractivity contribution in [1.29, 1.82) is 0 Å². The van der Waals surface area contributed by atoms with Gasteiger partial charge in [-0.3, -0.25) is 4.79 Å². The second kappa shape index (κ2) is 9.23. The molecule has 0 aliphatic heterocycles. The molecule has 2 aromatic carbocycles. The van der Waals surface area contributed by atoms with Crippen molar-refractivity contribution in [1.82, 2.24) is 0 Å². The van der Waals surface area contributed by atoms with Crippen molar-refractivity contribution < 1.29 is 22.7 Å². The number of carbonyl (C=O) groups excluding carboxylic acids is 2. The Hall–Kier alpha value is -2.97. The van der Waals surface area contributed by atoms with Crippen molar-refractivity contribution in [2.45, 2.75) is 18.7 Å². The maximum Gasteiger partial charge on any atom is 0.350 e. The number of sulfone groups is 1. The average molecular weight is 444 g/mol. The van der Waals surface area contributed by atoms with Crippen LogP contribution in [0, 0.1) is 0 Å². The lowest BCUT2D eigenvalue weighted by atomic mass is 10.1. The Morgan fingerprint density at radius 3 is 2.33 bits per heavy atom. The van der Waals surface area contributed by atoms with Crippen molar-refractivity contribution in [3.05, 3.63) is 71.1 Å². The van der Waals surface area contributed by atoms with Crippen LogP contribution in [0.1, 0.15) is 33.9 Å². The Kier molecular flexibility index (Phi) is 6.69. The van der Waals surface area contributed by atoms with Crippen LogP contribution in [-0.4, -0.2) is 32.7 Å². The minimum Gasteiger partial charge on any atom is -0.462 e. The lowest BCUT2D eigenvalue weighted by Gasteiger charge is -2.10. The van der Waals surface area contributed by atoms with Crippen LogP contribution in [0.15, 0.2) is 65.6 Å². The third kappa shape index (κ3) is 4.60. The highest BCUT2D eigenvalue weighted by molar-refractivity contribution is 7.91. The number of rotatable bonds is 7. The van der Waals surface area contributed by atoms with E-state index in [1.807, 2.05) is 30.3 Å². The van der Waals surface area contributed by atoms with Crippen molar-refractivity contribution in [2.75, 3.05) is 17.7 Å². The first kappa shape index (κ1) is 21.7. The number of thiophene rings is 1. The molecule has 30 heavy (non-hydrogen) atoms. The number of anilines is 1. The van der Waals surface area contributed by atoms with E-state index < -0.39 is 21.7 Å². The number of esters is 1. The molecule has 1 heterocycles. The van der Waals surface area contributed by atoms with E-state index >= 15 is 0 Å². The Morgan fingerprint density at radius 2 is 1.67 bits per heavy atom. The predicted octanol–water partition coefficient (Wildman–Crippen LogP) is 4.64. The van der Waals surface area contributed by atoms with Crippen LogP contribution >= 0.6 is 11.3 Å². The number of amides is 1. The van der Waals surface area contributed by atoms with Crippen LogP contribution in [0.5, 0.6) is 0 Å². The molecule has 0 saturated heterocycles. The third-order valence-corrected chi connectivity index (χ3v) is 7.30. The molecule has 0 spiro atoms. The van der Waals surface area contributed by atoms with Crippen LogP contribution in [0.4, 0.5) is 5.69 Å². The molecule has 0 aliphatic carbocycles. The topological polar surface area (TPSA) is 89.5 Å².